The Morgan fingerprint density at radius 3 is 2.43 bits per heavy atom. The van der Waals surface area contributed by atoms with Gasteiger partial charge in [-0.05, 0) is 50.6 Å². The van der Waals surface area contributed by atoms with Crippen molar-refractivity contribution in [1.29, 1.82) is 0 Å². The first kappa shape index (κ1) is 19.4. The van der Waals surface area contributed by atoms with Crippen molar-refractivity contribution in [1.82, 2.24) is 15.5 Å². The van der Waals surface area contributed by atoms with Crippen LogP contribution >= 0.6 is 0 Å². The summed E-state index contributed by atoms with van der Waals surface area (Å²) in [5.41, 5.74) is 1.05. The largest absolute Gasteiger partial charge is 0.508 e. The lowest BCUT2D eigenvalue weighted by Crippen LogP contribution is -2.36. The van der Waals surface area contributed by atoms with Gasteiger partial charge in [0.05, 0.1) is 0 Å². The van der Waals surface area contributed by atoms with E-state index in [-0.39, 0.29) is 11.6 Å². The van der Waals surface area contributed by atoms with Crippen molar-refractivity contribution < 1.29 is 19.1 Å². The molecule has 0 aliphatic heterocycles. The molecule has 0 aliphatic carbocycles. The van der Waals surface area contributed by atoms with Crippen LogP contribution in [-0.2, 0) is 11.2 Å². The summed E-state index contributed by atoms with van der Waals surface area (Å²) >= 11 is 0. The highest BCUT2D eigenvalue weighted by Crippen LogP contribution is 2.24. The minimum atomic E-state index is -0.628. The summed E-state index contributed by atoms with van der Waals surface area (Å²) in [6.45, 7) is 5.38. The Bertz CT molecular complexity index is 915. The van der Waals surface area contributed by atoms with E-state index >= 15 is 0 Å². The van der Waals surface area contributed by atoms with Gasteiger partial charge in [0.25, 0.3) is 0 Å². The molecule has 28 heavy (non-hydrogen) atoms. The zero-order chi connectivity index (χ0) is 20.1. The maximum atomic E-state index is 12.3. The van der Waals surface area contributed by atoms with Crippen LogP contribution in [0.25, 0.3) is 11.5 Å². The molecule has 1 heterocycles. The number of nitrogens with zero attached hydrogens (tertiary/aromatic N) is 2. The Hall–Kier alpha value is -3.35. The fourth-order valence-corrected chi connectivity index (χ4v) is 2.59. The SMILES string of the molecule is CC(C)(C)OC(=O)N[C@@H](Cc1ccc(O)cc1)c1nnc(-c2ccccc2)o1. The molecule has 0 radical (unpaired) electrons. The molecule has 3 aromatic rings. The minimum absolute atomic E-state index is 0.171. The highest BCUT2D eigenvalue weighted by molar-refractivity contribution is 5.68. The van der Waals surface area contributed by atoms with Crippen LogP contribution in [0.4, 0.5) is 4.79 Å². The molecule has 1 aromatic heterocycles. The fourth-order valence-electron chi connectivity index (χ4n) is 2.59. The van der Waals surface area contributed by atoms with Gasteiger partial charge in [-0.25, -0.2) is 4.79 Å². The van der Waals surface area contributed by atoms with Gasteiger partial charge in [0.15, 0.2) is 0 Å². The molecule has 0 saturated carbocycles. The maximum Gasteiger partial charge on any atom is 0.408 e. The molecule has 0 unspecified atom stereocenters. The molecule has 0 bridgehead atoms. The van der Waals surface area contributed by atoms with Gasteiger partial charge in [0.1, 0.15) is 17.4 Å². The highest BCUT2D eigenvalue weighted by atomic mass is 16.6. The molecule has 2 N–H and O–H groups in total. The van der Waals surface area contributed by atoms with Crippen molar-refractivity contribution >= 4 is 6.09 Å². The van der Waals surface area contributed by atoms with Crippen molar-refractivity contribution in [3.63, 3.8) is 0 Å². The summed E-state index contributed by atoms with van der Waals surface area (Å²) < 4.78 is 11.2. The molecule has 0 spiro atoms. The number of phenols is 1. The Labute approximate surface area is 163 Å². The van der Waals surface area contributed by atoms with Gasteiger partial charge >= 0.3 is 6.09 Å². The number of hydrogen-bond donors (Lipinski definition) is 2. The first-order valence-electron chi connectivity index (χ1n) is 8.96. The van der Waals surface area contributed by atoms with Crippen molar-refractivity contribution in [3.8, 4) is 17.2 Å². The number of amides is 1. The standard InChI is InChI=1S/C21H23N3O4/c1-21(2,3)28-20(26)22-17(13-14-9-11-16(25)12-10-14)19-24-23-18(27-19)15-7-5-4-6-8-15/h4-12,17,25H,13H2,1-3H3,(H,22,26)/t17-/m0/s1. The minimum Gasteiger partial charge on any atom is -0.508 e. The fraction of sp³-hybridized carbons (Fsp3) is 0.286. The molecule has 1 atom stereocenters. The van der Waals surface area contributed by atoms with Crippen LogP contribution in [0.15, 0.2) is 59.0 Å². The molecule has 0 fully saturated rings. The summed E-state index contributed by atoms with van der Waals surface area (Å²) in [5, 5.41) is 20.5. The average Bonchev–Trinajstić information content (AvgIpc) is 3.12. The van der Waals surface area contributed by atoms with Crippen molar-refractivity contribution in [2.24, 2.45) is 0 Å². The summed E-state index contributed by atoms with van der Waals surface area (Å²) in [7, 11) is 0. The van der Waals surface area contributed by atoms with Crippen LogP contribution in [0.2, 0.25) is 0 Å². The lowest BCUT2D eigenvalue weighted by molar-refractivity contribution is 0.0495. The van der Waals surface area contributed by atoms with Gasteiger partial charge in [0.2, 0.25) is 11.8 Å². The zero-order valence-corrected chi connectivity index (χ0v) is 16.0. The number of aromatic nitrogens is 2. The van der Waals surface area contributed by atoms with Crippen LogP contribution < -0.4 is 5.32 Å². The quantitative estimate of drug-likeness (QED) is 0.686. The van der Waals surface area contributed by atoms with Gasteiger partial charge < -0.3 is 19.6 Å². The Balaban J connectivity index is 1.84. The zero-order valence-electron chi connectivity index (χ0n) is 16.0. The number of benzene rings is 2. The Morgan fingerprint density at radius 1 is 1.11 bits per heavy atom. The molecular formula is C21H23N3O4. The summed E-state index contributed by atoms with van der Waals surface area (Å²) in [6.07, 6.45) is -0.175. The second-order valence-electron chi connectivity index (χ2n) is 7.38. The number of carbonyl (C=O) groups excluding carboxylic acids is 1. The van der Waals surface area contributed by atoms with Crippen LogP contribution in [0.1, 0.15) is 38.3 Å². The van der Waals surface area contributed by atoms with Crippen molar-refractivity contribution in [2.75, 3.05) is 0 Å². The highest BCUT2D eigenvalue weighted by Gasteiger charge is 2.25. The van der Waals surface area contributed by atoms with E-state index in [4.69, 9.17) is 9.15 Å². The summed E-state index contributed by atoms with van der Waals surface area (Å²) in [5.74, 6) is 0.819. The molecule has 146 valence electrons. The normalized spacial score (nSPS) is 12.4. The number of nitrogens with one attached hydrogen (secondary N) is 1. The van der Waals surface area contributed by atoms with Gasteiger partial charge in [0, 0.05) is 12.0 Å². The topological polar surface area (TPSA) is 97.5 Å². The second kappa shape index (κ2) is 8.12. The molecule has 1 amide bonds. The van der Waals surface area contributed by atoms with Crippen LogP contribution in [-0.4, -0.2) is 27.0 Å². The first-order chi connectivity index (χ1) is 13.3. The predicted octanol–water partition coefficient (Wildman–Crippen LogP) is 4.25. The van der Waals surface area contributed by atoms with Crippen LogP contribution in [0, 0.1) is 0 Å². The molecule has 2 aromatic carbocycles. The smallest absolute Gasteiger partial charge is 0.408 e. The molecular weight excluding hydrogens is 358 g/mol. The predicted molar refractivity (Wildman–Crippen MR) is 104 cm³/mol. The van der Waals surface area contributed by atoms with E-state index in [1.807, 2.05) is 30.3 Å². The van der Waals surface area contributed by atoms with Crippen molar-refractivity contribution in [2.45, 2.75) is 38.8 Å². The van der Waals surface area contributed by atoms with E-state index in [1.54, 1.807) is 45.0 Å². The number of hydrogen-bond acceptors (Lipinski definition) is 6. The second-order valence-corrected chi connectivity index (χ2v) is 7.38. The Morgan fingerprint density at radius 2 is 1.79 bits per heavy atom. The monoisotopic (exact) mass is 381 g/mol. The first-order valence-corrected chi connectivity index (χ1v) is 8.96. The number of phenolic OH excluding ortho intramolecular Hbond substituents is 1. The van der Waals surface area contributed by atoms with Gasteiger partial charge in [-0.15, -0.1) is 10.2 Å². The van der Waals surface area contributed by atoms with E-state index in [2.05, 4.69) is 15.5 Å². The number of carbonyl (C=O) groups is 1. The lowest BCUT2D eigenvalue weighted by atomic mass is 10.1. The van der Waals surface area contributed by atoms with Crippen LogP contribution in [0.3, 0.4) is 0 Å². The van der Waals surface area contributed by atoms with Crippen molar-refractivity contribution in [3.05, 3.63) is 66.1 Å². The summed E-state index contributed by atoms with van der Waals surface area (Å²) in [4.78, 5) is 12.3. The van der Waals surface area contributed by atoms with Gasteiger partial charge in [-0.3, -0.25) is 0 Å². The van der Waals surface area contributed by atoms with Gasteiger partial charge in [-0.2, -0.15) is 0 Å². The third-order valence-electron chi connectivity index (χ3n) is 3.83. The van der Waals surface area contributed by atoms with E-state index in [1.165, 1.54) is 0 Å². The van der Waals surface area contributed by atoms with E-state index < -0.39 is 17.7 Å². The number of alkyl carbamates (subject to hydrolysis) is 1. The lowest BCUT2D eigenvalue weighted by Gasteiger charge is -2.22. The van der Waals surface area contributed by atoms with Crippen LogP contribution in [0.5, 0.6) is 5.75 Å². The average molecular weight is 381 g/mol. The number of ether oxygens (including phenoxy) is 1. The summed E-state index contributed by atoms with van der Waals surface area (Å²) in [6, 6.07) is 15.5. The third kappa shape index (κ3) is 5.33. The third-order valence-corrected chi connectivity index (χ3v) is 3.83. The molecule has 7 heteroatoms. The Kier molecular flexibility index (Phi) is 5.63. The van der Waals surface area contributed by atoms with E-state index in [0.717, 1.165) is 11.1 Å². The molecule has 0 aliphatic rings. The number of aromatic hydroxyl groups is 1. The van der Waals surface area contributed by atoms with Gasteiger partial charge in [-0.1, -0.05) is 30.3 Å². The molecule has 7 nitrogen and oxygen atoms in total. The van der Waals surface area contributed by atoms with E-state index in [0.29, 0.717) is 12.3 Å². The number of rotatable bonds is 5. The molecule has 3 rings (SSSR count). The molecule has 0 saturated heterocycles. The van der Waals surface area contributed by atoms with E-state index in [9.17, 15) is 9.90 Å². The maximum absolute atomic E-state index is 12.3.